The SMILES string of the molecule is CC(C)(O)[C@@H]1C[C@@H]2O[C@@]23C(CC[C@@]2(C)[C@@]3(O)CCC3Cc4c([nH]c5ccc6c(c45)C[C@@H]4[C@@H](C6=O)C(C)(C)OC4(C)C)[C@@]32C)O1. The monoisotopic (exact) mass is 603 g/mol. The number of aromatic nitrogens is 1. The molecule has 7 heteroatoms. The van der Waals surface area contributed by atoms with Crippen LogP contribution < -0.4 is 0 Å². The molecule has 2 aromatic rings. The van der Waals surface area contributed by atoms with E-state index in [-0.39, 0.29) is 46.9 Å². The Labute approximate surface area is 260 Å². The number of hydrogen-bond acceptors (Lipinski definition) is 6. The number of nitrogens with one attached hydrogen (secondary N) is 1. The number of carbonyl (C=O) groups excluding carboxylic acids is 1. The number of Topliss-reactive ketones (excluding diaryl/α,β-unsaturated/α-hetero) is 1. The maximum Gasteiger partial charge on any atom is 0.169 e. The molecule has 3 N–H and O–H groups in total. The van der Waals surface area contributed by atoms with Crippen LogP contribution in [0.15, 0.2) is 12.1 Å². The van der Waals surface area contributed by atoms with Gasteiger partial charge in [-0.15, -0.1) is 0 Å². The van der Waals surface area contributed by atoms with Crippen molar-refractivity contribution in [2.24, 2.45) is 23.2 Å². The molecule has 1 aromatic carbocycles. The van der Waals surface area contributed by atoms with Crippen LogP contribution in [0, 0.1) is 23.2 Å². The predicted octanol–water partition coefficient (Wildman–Crippen LogP) is 5.55. The molecule has 3 aliphatic heterocycles. The maximum atomic E-state index is 14.2. The first-order valence-corrected chi connectivity index (χ1v) is 17.1. The van der Waals surface area contributed by atoms with Crippen LogP contribution in [0.3, 0.4) is 0 Å². The predicted molar refractivity (Wildman–Crippen MR) is 166 cm³/mol. The zero-order chi connectivity index (χ0) is 31.2. The van der Waals surface area contributed by atoms with Crippen molar-refractivity contribution in [3.05, 3.63) is 34.5 Å². The molecule has 2 saturated carbocycles. The van der Waals surface area contributed by atoms with Crippen LogP contribution >= 0.6 is 0 Å². The highest BCUT2D eigenvalue weighted by Crippen LogP contribution is 2.75. The summed E-state index contributed by atoms with van der Waals surface area (Å²) < 4.78 is 19.7. The average Bonchev–Trinajstić information content (AvgIpc) is 3.39. The molecule has 3 saturated heterocycles. The van der Waals surface area contributed by atoms with Gasteiger partial charge in [-0.1, -0.05) is 13.8 Å². The van der Waals surface area contributed by atoms with E-state index < -0.39 is 27.8 Å². The first-order valence-electron chi connectivity index (χ1n) is 17.1. The molecule has 7 nitrogen and oxygen atoms in total. The van der Waals surface area contributed by atoms with Gasteiger partial charge in [0.05, 0.1) is 41.0 Å². The Morgan fingerprint density at radius 2 is 1.70 bits per heavy atom. The van der Waals surface area contributed by atoms with Crippen molar-refractivity contribution >= 4 is 16.7 Å². The Kier molecular flexibility index (Phi) is 5.07. The molecule has 2 unspecified atom stereocenters. The van der Waals surface area contributed by atoms with Gasteiger partial charge in [-0.2, -0.15) is 0 Å². The smallest absolute Gasteiger partial charge is 0.169 e. The molecule has 4 heterocycles. The number of carbonyl (C=O) groups is 1. The third kappa shape index (κ3) is 2.94. The number of ether oxygens (including phenoxy) is 3. The van der Waals surface area contributed by atoms with Crippen molar-refractivity contribution in [3.8, 4) is 0 Å². The molecule has 5 fully saturated rings. The zero-order valence-electron chi connectivity index (χ0n) is 27.6. The van der Waals surface area contributed by atoms with Crippen LogP contribution in [-0.4, -0.2) is 67.3 Å². The van der Waals surface area contributed by atoms with E-state index in [9.17, 15) is 15.0 Å². The van der Waals surface area contributed by atoms with Crippen molar-refractivity contribution < 1.29 is 29.2 Å². The summed E-state index contributed by atoms with van der Waals surface area (Å²) in [5, 5.41) is 25.1. The number of ketones is 1. The Bertz CT molecular complexity index is 1650. The lowest BCUT2D eigenvalue weighted by Gasteiger charge is -2.66. The third-order valence-electron chi connectivity index (χ3n) is 14.8. The fourth-order valence-electron chi connectivity index (χ4n) is 12.5. The number of H-pyrrole nitrogens is 1. The van der Waals surface area contributed by atoms with Crippen LogP contribution in [0.2, 0.25) is 0 Å². The molecule has 44 heavy (non-hydrogen) atoms. The largest absolute Gasteiger partial charge is 0.388 e. The summed E-state index contributed by atoms with van der Waals surface area (Å²) in [6, 6.07) is 4.17. The third-order valence-corrected chi connectivity index (χ3v) is 14.8. The van der Waals surface area contributed by atoms with E-state index >= 15 is 0 Å². The molecular formula is C37H49NO6. The summed E-state index contributed by atoms with van der Waals surface area (Å²) in [6.45, 7) is 16.8. The highest BCUT2D eigenvalue weighted by molar-refractivity contribution is 6.06. The van der Waals surface area contributed by atoms with Crippen molar-refractivity contribution in [1.29, 1.82) is 0 Å². The van der Waals surface area contributed by atoms with Gasteiger partial charge in [0.25, 0.3) is 0 Å². The molecule has 0 radical (unpaired) electrons. The van der Waals surface area contributed by atoms with Crippen LogP contribution in [0.5, 0.6) is 0 Å². The van der Waals surface area contributed by atoms with E-state index in [1.807, 2.05) is 19.9 Å². The number of aliphatic hydroxyl groups is 2. The first kappa shape index (κ1) is 28.5. The highest BCUT2D eigenvalue weighted by atomic mass is 16.7. The van der Waals surface area contributed by atoms with Crippen molar-refractivity contribution in [1.82, 2.24) is 4.98 Å². The molecule has 4 aliphatic carbocycles. The van der Waals surface area contributed by atoms with E-state index in [1.54, 1.807) is 0 Å². The lowest BCUT2D eigenvalue weighted by Crippen LogP contribution is -2.75. The maximum absolute atomic E-state index is 14.2. The van der Waals surface area contributed by atoms with Gasteiger partial charge in [0, 0.05) is 45.3 Å². The number of rotatable bonds is 1. The molecule has 238 valence electrons. The fraction of sp³-hybridized carbons (Fsp3) is 0.757. The lowest BCUT2D eigenvalue weighted by molar-refractivity contribution is -0.270. The second kappa shape index (κ2) is 7.84. The van der Waals surface area contributed by atoms with Gasteiger partial charge < -0.3 is 29.4 Å². The summed E-state index contributed by atoms with van der Waals surface area (Å²) in [5.41, 5.74) is 1.47. The van der Waals surface area contributed by atoms with E-state index in [1.165, 1.54) is 22.2 Å². The quantitative estimate of drug-likeness (QED) is 0.370. The Morgan fingerprint density at radius 1 is 0.955 bits per heavy atom. The Hall–Kier alpha value is -1.77. The Balaban J connectivity index is 1.16. The van der Waals surface area contributed by atoms with Gasteiger partial charge in [0.15, 0.2) is 5.78 Å². The molecule has 1 aromatic heterocycles. The van der Waals surface area contributed by atoms with Gasteiger partial charge in [-0.3, -0.25) is 4.79 Å². The standard InChI is InChI=1S/C37H49NO6/c1-31(2,40)25-17-26-37(43-26)24(42-25)12-13-34(7)35(8)18(11-14-36(34,37)41)15-21-27-20-16-22-28(33(5,6)44-32(22,3)4)29(39)19(20)9-10-23(27)38-30(21)35/h9-10,18,22,24-26,28,38,40-41H,11-17H2,1-8H3/t18?,22-,24?,25+,26+,28+,34-,35-,36+,37+/m1/s1. The molecule has 0 amide bonds. The first-order chi connectivity index (χ1) is 20.4. The van der Waals surface area contributed by atoms with E-state index in [2.05, 4.69) is 52.6 Å². The second-order valence-electron chi connectivity index (χ2n) is 17.7. The van der Waals surface area contributed by atoms with E-state index in [0.29, 0.717) is 18.8 Å². The Morgan fingerprint density at radius 3 is 2.43 bits per heavy atom. The summed E-state index contributed by atoms with van der Waals surface area (Å²) in [6.07, 6.45) is 5.03. The molecule has 7 aliphatic rings. The summed E-state index contributed by atoms with van der Waals surface area (Å²) in [5.74, 6) is 0.610. The number of aromatic amines is 1. The van der Waals surface area contributed by atoms with Gasteiger partial charge in [0.1, 0.15) is 11.2 Å². The summed E-state index contributed by atoms with van der Waals surface area (Å²) >= 11 is 0. The lowest BCUT2D eigenvalue weighted by atomic mass is 9.40. The van der Waals surface area contributed by atoms with Crippen LogP contribution in [0.1, 0.15) is 115 Å². The minimum Gasteiger partial charge on any atom is -0.388 e. The normalized spacial score (nSPS) is 47.6. The van der Waals surface area contributed by atoms with E-state index in [0.717, 1.165) is 43.2 Å². The van der Waals surface area contributed by atoms with Gasteiger partial charge in [0.2, 0.25) is 0 Å². The van der Waals surface area contributed by atoms with Crippen LogP contribution in [-0.2, 0) is 32.5 Å². The second-order valence-corrected chi connectivity index (χ2v) is 17.7. The molecular weight excluding hydrogens is 554 g/mol. The molecule has 10 atom stereocenters. The summed E-state index contributed by atoms with van der Waals surface area (Å²) in [4.78, 5) is 18.1. The van der Waals surface area contributed by atoms with E-state index in [4.69, 9.17) is 14.2 Å². The highest BCUT2D eigenvalue weighted by Gasteiger charge is 2.84. The average molecular weight is 604 g/mol. The van der Waals surface area contributed by atoms with Crippen molar-refractivity contribution in [3.63, 3.8) is 0 Å². The molecule has 0 bridgehead atoms. The number of benzene rings is 1. The molecule has 9 rings (SSSR count). The minimum absolute atomic E-state index is 0.0988. The van der Waals surface area contributed by atoms with Crippen LogP contribution in [0.25, 0.3) is 10.9 Å². The van der Waals surface area contributed by atoms with Gasteiger partial charge in [-0.05, 0) is 109 Å². The fourth-order valence-corrected chi connectivity index (χ4v) is 12.5. The zero-order valence-corrected chi connectivity index (χ0v) is 27.6. The topological polar surface area (TPSA) is 104 Å². The van der Waals surface area contributed by atoms with Gasteiger partial charge in [-0.25, -0.2) is 0 Å². The number of fused-ring (bicyclic) bond motifs is 10. The van der Waals surface area contributed by atoms with Crippen molar-refractivity contribution in [2.45, 2.75) is 152 Å². The van der Waals surface area contributed by atoms with Crippen molar-refractivity contribution in [2.75, 3.05) is 0 Å². The number of hydrogen-bond donors (Lipinski definition) is 3. The summed E-state index contributed by atoms with van der Waals surface area (Å²) in [7, 11) is 0. The minimum atomic E-state index is -1.04. The number of epoxide rings is 1. The van der Waals surface area contributed by atoms with Crippen LogP contribution in [0.4, 0.5) is 0 Å². The van der Waals surface area contributed by atoms with Gasteiger partial charge >= 0.3 is 0 Å². The molecule has 1 spiro atoms.